The molecule has 0 unspecified atom stereocenters. The van der Waals surface area contributed by atoms with Crippen molar-refractivity contribution in [2.24, 2.45) is 5.41 Å². The Kier molecular flexibility index (Phi) is 7.75. The van der Waals surface area contributed by atoms with Crippen LogP contribution in [0.5, 0.6) is 0 Å². The van der Waals surface area contributed by atoms with E-state index in [1.54, 1.807) is 0 Å². The Labute approximate surface area is 153 Å². The summed E-state index contributed by atoms with van der Waals surface area (Å²) in [5.41, 5.74) is 3.01. The second-order valence-corrected chi connectivity index (χ2v) is 8.28. The molecular weight excluding hydrogens is 320 g/mol. The number of halogens is 1. The largest absolute Gasteiger partial charge is 0.356 e. The third-order valence-corrected chi connectivity index (χ3v) is 4.98. The first-order chi connectivity index (χ1) is 10.8. The van der Waals surface area contributed by atoms with Gasteiger partial charge in [-0.05, 0) is 54.3 Å². The lowest BCUT2D eigenvalue weighted by atomic mass is 9.81. The zero-order valence-electron chi connectivity index (χ0n) is 15.6. The Morgan fingerprint density at radius 2 is 1.75 bits per heavy atom. The monoisotopic (exact) mass is 352 g/mol. The summed E-state index contributed by atoms with van der Waals surface area (Å²) in [6.45, 7) is 11.9. The van der Waals surface area contributed by atoms with Gasteiger partial charge in [-0.3, -0.25) is 4.79 Å². The van der Waals surface area contributed by atoms with E-state index in [1.165, 1.54) is 11.1 Å². The minimum Gasteiger partial charge on any atom is -0.356 e. The van der Waals surface area contributed by atoms with Gasteiger partial charge in [0.15, 0.2) is 0 Å². The fourth-order valence-corrected chi connectivity index (χ4v) is 3.04. The maximum absolute atomic E-state index is 12.1. The molecule has 1 amide bonds. The van der Waals surface area contributed by atoms with E-state index in [-0.39, 0.29) is 29.1 Å². The standard InChI is InChI=1S/C20H32N2O.ClH/c1-19(2,3)17-8-5-16(6-9-17)7-10-18(23)22-15-20(4)11-13-21-14-12-20;/h5-6,8-9,21H,7,10-15H2,1-4H3,(H,22,23);1H. The zero-order chi connectivity index (χ0) is 16.9. The van der Waals surface area contributed by atoms with Crippen LogP contribution in [-0.4, -0.2) is 25.5 Å². The van der Waals surface area contributed by atoms with Crippen molar-refractivity contribution in [2.75, 3.05) is 19.6 Å². The highest BCUT2D eigenvalue weighted by Gasteiger charge is 2.26. The minimum absolute atomic E-state index is 0. The van der Waals surface area contributed by atoms with Crippen LogP contribution in [-0.2, 0) is 16.6 Å². The number of hydrogen-bond donors (Lipinski definition) is 2. The molecule has 0 bridgehead atoms. The average molecular weight is 353 g/mol. The van der Waals surface area contributed by atoms with Gasteiger partial charge in [0.2, 0.25) is 5.91 Å². The van der Waals surface area contributed by atoms with E-state index in [1.807, 2.05) is 0 Å². The number of hydrogen-bond acceptors (Lipinski definition) is 2. The number of amides is 1. The lowest BCUT2D eigenvalue weighted by molar-refractivity contribution is -0.121. The molecule has 1 aromatic rings. The number of aryl methyl sites for hydroxylation is 1. The van der Waals surface area contributed by atoms with E-state index in [9.17, 15) is 4.79 Å². The maximum atomic E-state index is 12.1. The molecular formula is C20H33ClN2O. The normalized spacial score (nSPS) is 17.0. The molecule has 1 heterocycles. The summed E-state index contributed by atoms with van der Waals surface area (Å²) < 4.78 is 0. The van der Waals surface area contributed by atoms with Crippen LogP contribution >= 0.6 is 12.4 Å². The molecule has 0 spiro atoms. The van der Waals surface area contributed by atoms with Crippen LogP contribution in [0.15, 0.2) is 24.3 Å². The van der Waals surface area contributed by atoms with Crippen LogP contribution < -0.4 is 10.6 Å². The van der Waals surface area contributed by atoms with Crippen LogP contribution in [0.25, 0.3) is 0 Å². The molecule has 3 nitrogen and oxygen atoms in total. The first kappa shape index (κ1) is 21.0. The lowest BCUT2D eigenvalue weighted by Crippen LogP contribution is -2.42. The lowest BCUT2D eigenvalue weighted by Gasteiger charge is -2.34. The van der Waals surface area contributed by atoms with Gasteiger partial charge >= 0.3 is 0 Å². The van der Waals surface area contributed by atoms with Gasteiger partial charge in [0.1, 0.15) is 0 Å². The van der Waals surface area contributed by atoms with E-state index in [4.69, 9.17) is 0 Å². The molecule has 1 aliphatic heterocycles. The summed E-state index contributed by atoms with van der Waals surface area (Å²) in [6.07, 6.45) is 3.67. The van der Waals surface area contributed by atoms with E-state index in [0.717, 1.165) is 38.9 Å². The summed E-state index contributed by atoms with van der Waals surface area (Å²) in [5, 5.41) is 6.51. The summed E-state index contributed by atoms with van der Waals surface area (Å²) in [7, 11) is 0. The van der Waals surface area contributed by atoms with Gasteiger partial charge in [-0.2, -0.15) is 0 Å². The third kappa shape index (κ3) is 6.45. The molecule has 0 atom stereocenters. The predicted octanol–water partition coefficient (Wildman–Crippen LogP) is 3.84. The topological polar surface area (TPSA) is 41.1 Å². The molecule has 1 fully saturated rings. The molecule has 1 aliphatic rings. The van der Waals surface area contributed by atoms with Crippen LogP contribution in [0.3, 0.4) is 0 Å². The first-order valence-corrected chi connectivity index (χ1v) is 8.85. The van der Waals surface area contributed by atoms with Gasteiger partial charge in [0.05, 0.1) is 0 Å². The van der Waals surface area contributed by atoms with Crippen molar-refractivity contribution in [2.45, 2.75) is 58.8 Å². The summed E-state index contributed by atoms with van der Waals surface area (Å²) in [4.78, 5) is 12.1. The highest BCUT2D eigenvalue weighted by molar-refractivity contribution is 5.85. The molecule has 0 radical (unpaired) electrons. The highest BCUT2D eigenvalue weighted by atomic mass is 35.5. The summed E-state index contributed by atoms with van der Waals surface area (Å²) in [6, 6.07) is 8.68. The Balaban J connectivity index is 0.00000288. The number of carbonyl (C=O) groups is 1. The van der Waals surface area contributed by atoms with Crippen LogP contribution in [0, 0.1) is 5.41 Å². The smallest absolute Gasteiger partial charge is 0.220 e. The number of benzene rings is 1. The van der Waals surface area contributed by atoms with Crippen LogP contribution in [0.4, 0.5) is 0 Å². The van der Waals surface area contributed by atoms with E-state index in [0.29, 0.717) is 6.42 Å². The molecule has 0 saturated carbocycles. The fourth-order valence-electron chi connectivity index (χ4n) is 3.04. The first-order valence-electron chi connectivity index (χ1n) is 8.85. The van der Waals surface area contributed by atoms with Crippen molar-refractivity contribution in [3.05, 3.63) is 35.4 Å². The minimum atomic E-state index is 0. The molecule has 1 saturated heterocycles. The van der Waals surface area contributed by atoms with Crippen LogP contribution in [0.2, 0.25) is 0 Å². The number of carbonyl (C=O) groups excluding carboxylic acids is 1. The van der Waals surface area contributed by atoms with Gasteiger partial charge in [-0.25, -0.2) is 0 Å². The Bertz CT molecular complexity index is 513. The summed E-state index contributed by atoms with van der Waals surface area (Å²) >= 11 is 0. The highest BCUT2D eigenvalue weighted by Crippen LogP contribution is 2.26. The SMILES string of the molecule is CC1(CNC(=O)CCc2ccc(C(C)(C)C)cc2)CCNCC1.Cl. The Morgan fingerprint density at radius 1 is 1.17 bits per heavy atom. The van der Waals surface area contributed by atoms with Gasteiger partial charge in [-0.1, -0.05) is 52.0 Å². The molecule has 2 N–H and O–H groups in total. The number of nitrogens with one attached hydrogen (secondary N) is 2. The van der Waals surface area contributed by atoms with Crippen molar-refractivity contribution in [3.63, 3.8) is 0 Å². The number of rotatable bonds is 5. The van der Waals surface area contributed by atoms with Gasteiger partial charge < -0.3 is 10.6 Å². The molecule has 0 aromatic heterocycles. The third-order valence-electron chi connectivity index (χ3n) is 4.98. The molecule has 1 aromatic carbocycles. The fraction of sp³-hybridized carbons (Fsp3) is 0.650. The quantitative estimate of drug-likeness (QED) is 0.845. The van der Waals surface area contributed by atoms with E-state index < -0.39 is 0 Å². The summed E-state index contributed by atoms with van der Waals surface area (Å²) in [5.74, 6) is 0.171. The Morgan fingerprint density at radius 3 is 2.29 bits per heavy atom. The van der Waals surface area contributed by atoms with Gasteiger partial charge in [-0.15, -0.1) is 12.4 Å². The predicted molar refractivity (Wildman–Crippen MR) is 104 cm³/mol. The zero-order valence-corrected chi connectivity index (χ0v) is 16.4. The van der Waals surface area contributed by atoms with Crippen molar-refractivity contribution in [1.29, 1.82) is 0 Å². The van der Waals surface area contributed by atoms with E-state index in [2.05, 4.69) is 62.6 Å². The molecule has 0 aliphatic carbocycles. The van der Waals surface area contributed by atoms with Crippen molar-refractivity contribution in [3.8, 4) is 0 Å². The molecule has 24 heavy (non-hydrogen) atoms. The molecule has 4 heteroatoms. The van der Waals surface area contributed by atoms with E-state index >= 15 is 0 Å². The second-order valence-electron chi connectivity index (χ2n) is 8.28. The van der Waals surface area contributed by atoms with Crippen LogP contribution in [0.1, 0.15) is 58.1 Å². The second kappa shape index (κ2) is 8.87. The molecule has 2 rings (SSSR count). The maximum Gasteiger partial charge on any atom is 0.220 e. The van der Waals surface area contributed by atoms with Gasteiger partial charge in [0.25, 0.3) is 0 Å². The van der Waals surface area contributed by atoms with Crippen molar-refractivity contribution >= 4 is 18.3 Å². The van der Waals surface area contributed by atoms with Crippen molar-refractivity contribution in [1.82, 2.24) is 10.6 Å². The Hall–Kier alpha value is -1.06. The van der Waals surface area contributed by atoms with Gasteiger partial charge in [0, 0.05) is 13.0 Å². The van der Waals surface area contributed by atoms with Crippen molar-refractivity contribution < 1.29 is 4.79 Å². The number of piperidine rings is 1. The molecule has 136 valence electrons. The average Bonchev–Trinajstić information content (AvgIpc) is 2.51.